The molecule has 0 radical (unpaired) electrons. The molecule has 0 N–H and O–H groups in total. The fourth-order valence-corrected chi connectivity index (χ4v) is 2.87. The molecule has 1 aliphatic carbocycles. The number of halogens is 2. The van der Waals surface area contributed by atoms with Crippen molar-refractivity contribution in [2.24, 2.45) is 5.92 Å². The quantitative estimate of drug-likeness (QED) is 0.621. The average molecular weight is 252 g/mol. The maximum atomic E-state index is 13.9. The van der Waals surface area contributed by atoms with E-state index in [9.17, 15) is 8.78 Å². The molecule has 0 spiro atoms. The zero-order valence-corrected chi connectivity index (χ0v) is 11.0. The van der Waals surface area contributed by atoms with E-state index in [1.165, 1.54) is 0 Å². The van der Waals surface area contributed by atoms with Crippen LogP contribution in [0.1, 0.15) is 51.1 Å². The van der Waals surface area contributed by atoms with Gasteiger partial charge in [0.25, 0.3) is 0 Å². The fourth-order valence-electron chi connectivity index (χ4n) is 2.87. The van der Waals surface area contributed by atoms with Crippen LogP contribution >= 0.6 is 0 Å². The summed E-state index contributed by atoms with van der Waals surface area (Å²) < 4.78 is 27.5. The van der Waals surface area contributed by atoms with Crippen molar-refractivity contribution in [2.45, 2.75) is 45.4 Å². The number of allylic oxidation sites excluding steroid dienone is 2. The van der Waals surface area contributed by atoms with Crippen molar-refractivity contribution in [1.29, 1.82) is 0 Å². The number of hydrogen-bond donors (Lipinski definition) is 0. The Bertz CT molecular complexity index is 446. The SMILES string of the molecule is C/C=C/C1CCC(c2ccc(C)c(F)c2F)CC1.[HH]. The lowest BCUT2D eigenvalue weighted by atomic mass is 9.78. The van der Waals surface area contributed by atoms with Crippen molar-refractivity contribution in [2.75, 3.05) is 0 Å². The van der Waals surface area contributed by atoms with Gasteiger partial charge in [0.05, 0.1) is 0 Å². The number of aryl methyl sites for hydroxylation is 1. The minimum Gasteiger partial charge on any atom is -0.203 e. The second-order valence-electron chi connectivity index (χ2n) is 5.24. The van der Waals surface area contributed by atoms with Gasteiger partial charge in [-0.2, -0.15) is 0 Å². The van der Waals surface area contributed by atoms with Gasteiger partial charge in [-0.1, -0.05) is 24.3 Å². The summed E-state index contributed by atoms with van der Waals surface area (Å²) >= 11 is 0. The molecule has 0 heterocycles. The van der Waals surface area contributed by atoms with Crippen LogP contribution in [-0.2, 0) is 0 Å². The lowest BCUT2D eigenvalue weighted by molar-refractivity contribution is 0.363. The zero-order chi connectivity index (χ0) is 13.1. The topological polar surface area (TPSA) is 0 Å². The summed E-state index contributed by atoms with van der Waals surface area (Å²) in [7, 11) is 0. The second kappa shape index (κ2) is 5.64. The molecule has 0 unspecified atom stereocenters. The van der Waals surface area contributed by atoms with E-state index in [4.69, 9.17) is 0 Å². The summed E-state index contributed by atoms with van der Waals surface area (Å²) in [6, 6.07) is 3.44. The largest absolute Gasteiger partial charge is 0.203 e. The van der Waals surface area contributed by atoms with Crippen molar-refractivity contribution in [3.05, 3.63) is 47.0 Å². The van der Waals surface area contributed by atoms with E-state index in [1.54, 1.807) is 19.1 Å². The Morgan fingerprint density at radius 3 is 2.39 bits per heavy atom. The van der Waals surface area contributed by atoms with Crippen LogP contribution in [0, 0.1) is 24.5 Å². The summed E-state index contributed by atoms with van der Waals surface area (Å²) in [5.41, 5.74) is 0.955. The van der Waals surface area contributed by atoms with E-state index in [0.717, 1.165) is 25.7 Å². The molecule has 0 bridgehead atoms. The molecule has 0 aliphatic heterocycles. The van der Waals surface area contributed by atoms with Gasteiger partial charge in [-0.3, -0.25) is 0 Å². The standard InChI is InChI=1S/C16H20F2.H2/c1-3-4-12-6-8-13(9-7-12)14-10-5-11(2)15(17)16(14)18;/h3-5,10,12-13H,6-9H2,1-2H3;1H/b4-3+;. The third-order valence-corrected chi connectivity index (χ3v) is 3.98. The molecule has 0 amide bonds. The second-order valence-corrected chi connectivity index (χ2v) is 5.24. The van der Waals surface area contributed by atoms with E-state index >= 15 is 0 Å². The highest BCUT2D eigenvalue weighted by molar-refractivity contribution is 5.28. The minimum atomic E-state index is -0.678. The predicted molar refractivity (Wildman–Crippen MR) is 72.7 cm³/mol. The van der Waals surface area contributed by atoms with Gasteiger partial charge in [0.1, 0.15) is 0 Å². The molecule has 1 aromatic carbocycles. The Kier molecular flexibility index (Phi) is 4.15. The van der Waals surface area contributed by atoms with E-state index in [1.807, 2.05) is 6.92 Å². The van der Waals surface area contributed by atoms with Crippen molar-refractivity contribution < 1.29 is 10.2 Å². The van der Waals surface area contributed by atoms with Crippen LogP contribution in [0.25, 0.3) is 0 Å². The highest BCUT2D eigenvalue weighted by Crippen LogP contribution is 2.37. The molecule has 100 valence electrons. The number of benzene rings is 1. The van der Waals surface area contributed by atoms with Crippen molar-refractivity contribution in [1.82, 2.24) is 0 Å². The average Bonchev–Trinajstić information content (AvgIpc) is 2.38. The minimum absolute atomic E-state index is 0. The van der Waals surface area contributed by atoms with Crippen LogP contribution < -0.4 is 0 Å². The Labute approximate surface area is 109 Å². The smallest absolute Gasteiger partial charge is 0.162 e. The van der Waals surface area contributed by atoms with Crippen molar-refractivity contribution in [3.63, 3.8) is 0 Å². The molecule has 0 atom stereocenters. The van der Waals surface area contributed by atoms with Crippen LogP contribution in [0.3, 0.4) is 0 Å². The van der Waals surface area contributed by atoms with E-state index < -0.39 is 11.6 Å². The van der Waals surface area contributed by atoms with E-state index in [2.05, 4.69) is 12.2 Å². The fraction of sp³-hybridized carbons (Fsp3) is 0.500. The highest BCUT2D eigenvalue weighted by Gasteiger charge is 2.24. The Morgan fingerprint density at radius 1 is 1.11 bits per heavy atom. The molecule has 1 saturated carbocycles. The lowest BCUT2D eigenvalue weighted by Gasteiger charge is -2.27. The van der Waals surface area contributed by atoms with Crippen molar-refractivity contribution >= 4 is 0 Å². The van der Waals surface area contributed by atoms with Crippen molar-refractivity contribution in [3.8, 4) is 0 Å². The molecule has 1 fully saturated rings. The first-order valence-electron chi connectivity index (χ1n) is 6.70. The summed E-state index contributed by atoms with van der Waals surface area (Å²) in [6.45, 7) is 3.63. The molecule has 2 rings (SSSR count). The summed E-state index contributed by atoms with van der Waals surface area (Å²) in [5.74, 6) is -0.515. The molecular weight excluding hydrogens is 230 g/mol. The number of rotatable bonds is 2. The zero-order valence-electron chi connectivity index (χ0n) is 11.0. The summed E-state index contributed by atoms with van der Waals surface area (Å²) in [4.78, 5) is 0. The van der Waals surface area contributed by atoms with Gasteiger partial charge in [0.15, 0.2) is 11.6 Å². The van der Waals surface area contributed by atoms with Crippen LogP contribution in [-0.4, -0.2) is 0 Å². The monoisotopic (exact) mass is 252 g/mol. The maximum absolute atomic E-state index is 13.9. The van der Waals surface area contributed by atoms with Gasteiger partial charge < -0.3 is 0 Å². The Hall–Kier alpha value is -1.18. The third-order valence-electron chi connectivity index (χ3n) is 3.98. The molecule has 1 aliphatic rings. The van der Waals surface area contributed by atoms with E-state index in [-0.39, 0.29) is 7.34 Å². The van der Waals surface area contributed by atoms with E-state index in [0.29, 0.717) is 17.0 Å². The molecular formula is C16H22F2. The van der Waals surface area contributed by atoms with Gasteiger partial charge in [-0.25, -0.2) is 8.78 Å². The van der Waals surface area contributed by atoms with Crippen LogP contribution in [0.15, 0.2) is 24.3 Å². The van der Waals surface area contributed by atoms with Crippen LogP contribution in [0.2, 0.25) is 0 Å². The van der Waals surface area contributed by atoms with Crippen LogP contribution in [0.5, 0.6) is 0 Å². The van der Waals surface area contributed by atoms with Gasteiger partial charge in [0.2, 0.25) is 0 Å². The Morgan fingerprint density at radius 2 is 1.78 bits per heavy atom. The van der Waals surface area contributed by atoms with Gasteiger partial charge in [0, 0.05) is 1.43 Å². The first-order chi connectivity index (χ1) is 8.63. The number of hydrogen-bond acceptors (Lipinski definition) is 0. The van der Waals surface area contributed by atoms with Gasteiger partial charge in [-0.15, -0.1) is 0 Å². The van der Waals surface area contributed by atoms with Crippen LogP contribution in [0.4, 0.5) is 8.78 Å². The first kappa shape index (κ1) is 13.3. The Balaban J connectivity index is 0.00000180. The summed E-state index contributed by atoms with van der Waals surface area (Å²) in [5, 5.41) is 0. The molecule has 0 aromatic heterocycles. The molecule has 0 saturated heterocycles. The first-order valence-corrected chi connectivity index (χ1v) is 6.70. The molecule has 18 heavy (non-hydrogen) atoms. The normalized spacial score (nSPS) is 24.7. The molecule has 1 aromatic rings. The van der Waals surface area contributed by atoms with Gasteiger partial charge >= 0.3 is 0 Å². The molecule has 0 nitrogen and oxygen atoms in total. The summed E-state index contributed by atoms with van der Waals surface area (Å²) in [6.07, 6.45) is 8.36. The predicted octanol–water partition coefficient (Wildman–Crippen LogP) is 5.37. The third kappa shape index (κ3) is 2.63. The molecule has 2 heteroatoms. The lowest BCUT2D eigenvalue weighted by Crippen LogP contribution is -2.13. The van der Waals surface area contributed by atoms with Gasteiger partial charge in [-0.05, 0) is 62.5 Å². The highest BCUT2D eigenvalue weighted by atomic mass is 19.2. The maximum Gasteiger partial charge on any atom is 0.162 e.